The number of hydrogen-bond acceptors (Lipinski definition) is 4. The second-order valence-electron chi connectivity index (χ2n) is 6.19. The monoisotopic (exact) mass is 342 g/mol. The molecular formula is C18H28F2N2O2. The molecule has 1 aliphatic rings. The lowest BCUT2D eigenvalue weighted by Crippen LogP contribution is -2.35. The Morgan fingerprint density at radius 2 is 2.00 bits per heavy atom. The van der Waals surface area contributed by atoms with Crippen LogP contribution in [-0.4, -0.2) is 44.3 Å². The average molecular weight is 342 g/mol. The van der Waals surface area contributed by atoms with Crippen molar-refractivity contribution in [3.63, 3.8) is 0 Å². The molecule has 0 bridgehead atoms. The minimum Gasteiger partial charge on any atom is -0.490 e. The van der Waals surface area contributed by atoms with Crippen molar-refractivity contribution in [2.45, 2.75) is 51.8 Å². The first-order valence-electron chi connectivity index (χ1n) is 8.71. The van der Waals surface area contributed by atoms with Crippen LogP contribution in [0.4, 0.5) is 8.78 Å². The van der Waals surface area contributed by atoms with Gasteiger partial charge >= 0.3 is 6.61 Å². The molecule has 0 aliphatic heterocycles. The van der Waals surface area contributed by atoms with Crippen LogP contribution >= 0.6 is 0 Å². The van der Waals surface area contributed by atoms with E-state index in [-0.39, 0.29) is 5.75 Å². The van der Waals surface area contributed by atoms with Gasteiger partial charge in [0, 0.05) is 25.7 Å². The smallest absolute Gasteiger partial charge is 0.387 e. The maximum absolute atomic E-state index is 12.4. The van der Waals surface area contributed by atoms with E-state index in [2.05, 4.69) is 22.0 Å². The first-order valence-corrected chi connectivity index (χ1v) is 8.71. The summed E-state index contributed by atoms with van der Waals surface area (Å²) in [6, 6.07) is 5.81. The van der Waals surface area contributed by atoms with Gasteiger partial charge in [0.2, 0.25) is 0 Å². The Balaban J connectivity index is 1.80. The largest absolute Gasteiger partial charge is 0.490 e. The number of halogens is 2. The van der Waals surface area contributed by atoms with Crippen molar-refractivity contribution in [1.29, 1.82) is 0 Å². The first-order chi connectivity index (χ1) is 11.6. The second kappa shape index (κ2) is 9.79. The van der Waals surface area contributed by atoms with Crippen molar-refractivity contribution < 1.29 is 18.3 Å². The molecule has 1 aliphatic carbocycles. The lowest BCUT2D eigenvalue weighted by molar-refractivity contribution is -0.0514. The van der Waals surface area contributed by atoms with Crippen molar-refractivity contribution in [2.75, 3.05) is 26.7 Å². The van der Waals surface area contributed by atoms with Gasteiger partial charge in [0.1, 0.15) is 0 Å². The summed E-state index contributed by atoms with van der Waals surface area (Å²) in [4.78, 5) is 2.42. The molecule has 0 saturated heterocycles. The third-order valence-corrected chi connectivity index (χ3v) is 4.44. The highest BCUT2D eigenvalue weighted by Crippen LogP contribution is 2.29. The highest BCUT2D eigenvalue weighted by molar-refractivity contribution is 5.43. The molecule has 0 unspecified atom stereocenters. The number of nitrogens with one attached hydrogen (secondary N) is 1. The fourth-order valence-electron chi connectivity index (χ4n) is 3.14. The van der Waals surface area contributed by atoms with Crippen LogP contribution in [0.1, 0.15) is 38.2 Å². The molecule has 1 aromatic carbocycles. The Kier molecular flexibility index (Phi) is 7.72. The standard InChI is InChI=1S/C18H28F2N2O2/c1-3-23-17-12-14(8-9-16(17)24-18(19)20)13-21-10-11-22(2)15-6-4-5-7-15/h8-9,12,15,18,21H,3-7,10-11,13H2,1-2H3. The molecule has 1 fully saturated rings. The molecule has 1 N–H and O–H groups in total. The molecule has 0 heterocycles. The fraction of sp³-hybridized carbons (Fsp3) is 0.667. The predicted molar refractivity (Wildman–Crippen MR) is 90.8 cm³/mol. The third-order valence-electron chi connectivity index (χ3n) is 4.44. The maximum atomic E-state index is 12.4. The molecule has 0 spiro atoms. The SMILES string of the molecule is CCOc1cc(CNCCN(C)C2CCCC2)ccc1OC(F)F. The number of benzene rings is 1. The molecule has 1 saturated carbocycles. The minimum absolute atomic E-state index is 0.0802. The summed E-state index contributed by atoms with van der Waals surface area (Å²) in [7, 11) is 2.18. The molecule has 0 aromatic heterocycles. The minimum atomic E-state index is -2.85. The van der Waals surface area contributed by atoms with Gasteiger partial charge < -0.3 is 19.7 Å². The highest BCUT2D eigenvalue weighted by atomic mass is 19.3. The van der Waals surface area contributed by atoms with Crippen molar-refractivity contribution >= 4 is 0 Å². The highest BCUT2D eigenvalue weighted by Gasteiger charge is 2.18. The lowest BCUT2D eigenvalue weighted by atomic mass is 10.2. The van der Waals surface area contributed by atoms with Crippen LogP contribution in [0.2, 0.25) is 0 Å². The maximum Gasteiger partial charge on any atom is 0.387 e. The summed E-state index contributed by atoms with van der Waals surface area (Å²) in [5, 5.41) is 3.40. The Hall–Kier alpha value is -1.40. The zero-order valence-corrected chi connectivity index (χ0v) is 14.6. The summed E-state index contributed by atoms with van der Waals surface area (Å²) >= 11 is 0. The molecule has 1 aromatic rings. The van der Waals surface area contributed by atoms with Crippen LogP contribution in [0.25, 0.3) is 0 Å². The third kappa shape index (κ3) is 5.91. The number of rotatable bonds is 10. The van der Waals surface area contributed by atoms with Gasteiger partial charge in [-0.3, -0.25) is 0 Å². The number of likely N-dealkylation sites (N-methyl/N-ethyl adjacent to an activating group) is 1. The van der Waals surface area contributed by atoms with Gasteiger partial charge in [-0.25, -0.2) is 0 Å². The molecule has 0 radical (unpaired) electrons. The first kappa shape index (κ1) is 18.9. The van der Waals surface area contributed by atoms with Crippen LogP contribution in [-0.2, 0) is 6.54 Å². The van der Waals surface area contributed by atoms with Gasteiger partial charge in [0.25, 0.3) is 0 Å². The predicted octanol–water partition coefficient (Wildman–Crippen LogP) is 3.65. The van der Waals surface area contributed by atoms with Crippen LogP contribution in [0.3, 0.4) is 0 Å². The van der Waals surface area contributed by atoms with E-state index in [9.17, 15) is 8.78 Å². The molecule has 0 atom stereocenters. The van der Waals surface area contributed by atoms with E-state index < -0.39 is 6.61 Å². The van der Waals surface area contributed by atoms with Crippen molar-refractivity contribution in [1.82, 2.24) is 10.2 Å². The zero-order chi connectivity index (χ0) is 17.4. The van der Waals surface area contributed by atoms with Crippen molar-refractivity contribution in [3.8, 4) is 11.5 Å². The summed E-state index contributed by atoms with van der Waals surface area (Å²) in [5.74, 6) is 0.441. The normalized spacial score (nSPS) is 15.4. The summed E-state index contributed by atoms with van der Waals surface area (Å²) < 4.78 is 34.7. The average Bonchev–Trinajstić information content (AvgIpc) is 3.08. The Morgan fingerprint density at radius 3 is 2.67 bits per heavy atom. The molecule has 24 heavy (non-hydrogen) atoms. The zero-order valence-electron chi connectivity index (χ0n) is 14.6. The molecular weight excluding hydrogens is 314 g/mol. The van der Waals surface area contributed by atoms with E-state index in [1.807, 2.05) is 6.92 Å². The molecule has 6 heteroatoms. The van der Waals surface area contributed by atoms with Crippen LogP contribution in [0.5, 0.6) is 11.5 Å². The van der Waals surface area contributed by atoms with Gasteiger partial charge in [-0.2, -0.15) is 8.78 Å². The Bertz CT molecular complexity index is 494. The van der Waals surface area contributed by atoms with Crippen molar-refractivity contribution in [2.24, 2.45) is 0 Å². The van der Waals surface area contributed by atoms with Crippen LogP contribution in [0, 0.1) is 0 Å². The van der Waals surface area contributed by atoms with Gasteiger partial charge in [0.05, 0.1) is 6.61 Å². The summed E-state index contributed by atoms with van der Waals surface area (Å²) in [5.41, 5.74) is 0.989. The van der Waals surface area contributed by atoms with Crippen LogP contribution < -0.4 is 14.8 Å². The van der Waals surface area contributed by atoms with Crippen LogP contribution in [0.15, 0.2) is 18.2 Å². The van der Waals surface area contributed by atoms with E-state index in [1.54, 1.807) is 18.2 Å². The number of hydrogen-bond donors (Lipinski definition) is 1. The van der Waals surface area contributed by atoms with Gasteiger partial charge in [-0.1, -0.05) is 18.9 Å². The van der Waals surface area contributed by atoms with Crippen molar-refractivity contribution in [3.05, 3.63) is 23.8 Å². The van der Waals surface area contributed by atoms with E-state index in [1.165, 1.54) is 25.7 Å². The molecule has 2 rings (SSSR count). The fourth-order valence-corrected chi connectivity index (χ4v) is 3.14. The second-order valence-corrected chi connectivity index (χ2v) is 6.19. The van der Waals surface area contributed by atoms with E-state index in [0.29, 0.717) is 18.9 Å². The summed E-state index contributed by atoms with van der Waals surface area (Å²) in [6.07, 6.45) is 5.30. The number of alkyl halides is 2. The van der Waals surface area contributed by atoms with E-state index >= 15 is 0 Å². The Labute approximate surface area is 143 Å². The topological polar surface area (TPSA) is 33.7 Å². The number of ether oxygens (including phenoxy) is 2. The molecule has 0 amide bonds. The number of nitrogens with zero attached hydrogens (tertiary/aromatic N) is 1. The van der Waals surface area contributed by atoms with E-state index in [4.69, 9.17) is 4.74 Å². The molecule has 4 nitrogen and oxygen atoms in total. The Morgan fingerprint density at radius 1 is 1.25 bits per heavy atom. The van der Waals surface area contributed by atoms with Gasteiger partial charge in [-0.05, 0) is 44.5 Å². The summed E-state index contributed by atoms with van der Waals surface area (Å²) in [6.45, 7) is 1.95. The quantitative estimate of drug-likeness (QED) is 0.658. The van der Waals surface area contributed by atoms with Gasteiger partial charge in [-0.15, -0.1) is 0 Å². The molecule has 136 valence electrons. The lowest BCUT2D eigenvalue weighted by Gasteiger charge is -2.24. The van der Waals surface area contributed by atoms with Gasteiger partial charge in [0.15, 0.2) is 11.5 Å². The van der Waals surface area contributed by atoms with E-state index in [0.717, 1.165) is 24.7 Å².